The van der Waals surface area contributed by atoms with Crippen LogP contribution in [0.2, 0.25) is 0 Å². The molecule has 0 radical (unpaired) electrons. The van der Waals surface area contributed by atoms with Gasteiger partial charge in [-0.2, -0.15) is 0 Å². The van der Waals surface area contributed by atoms with Crippen LogP contribution in [0.3, 0.4) is 0 Å². The number of aryl methyl sites for hydroxylation is 1. The van der Waals surface area contributed by atoms with Gasteiger partial charge in [0.15, 0.2) is 0 Å². The first-order valence-electron chi connectivity index (χ1n) is 7.69. The Labute approximate surface area is 133 Å². The third-order valence-corrected chi connectivity index (χ3v) is 3.47. The van der Waals surface area contributed by atoms with Gasteiger partial charge < -0.3 is 9.47 Å². The van der Waals surface area contributed by atoms with E-state index in [2.05, 4.69) is 31.0 Å². The van der Waals surface area contributed by atoms with E-state index in [0.29, 0.717) is 12.5 Å². The van der Waals surface area contributed by atoms with E-state index in [1.54, 1.807) is 0 Å². The second-order valence-corrected chi connectivity index (χ2v) is 6.54. The minimum atomic E-state index is -0.0943. The molecule has 0 saturated carbocycles. The van der Waals surface area contributed by atoms with E-state index in [4.69, 9.17) is 9.47 Å². The molecule has 0 aliphatic carbocycles. The van der Waals surface area contributed by atoms with Gasteiger partial charge in [0.1, 0.15) is 5.75 Å². The lowest BCUT2D eigenvalue weighted by molar-refractivity contribution is 0.231. The Morgan fingerprint density at radius 2 is 1.73 bits per heavy atom. The maximum Gasteiger partial charge on any atom is 0.213 e. The van der Waals surface area contributed by atoms with Gasteiger partial charge in [-0.25, -0.2) is 4.98 Å². The van der Waals surface area contributed by atoms with Crippen LogP contribution in [0.4, 0.5) is 0 Å². The standard InChI is InChI=1S/C19H25NO2/c1-14(2)22-17-9-7-16(8-10-17)19(4,5)13-21-18-11-6-15(3)12-20-18/h6-12,14H,13H2,1-5H3. The first-order chi connectivity index (χ1) is 10.4. The molecular formula is C19H25NO2. The normalized spacial score (nSPS) is 11.5. The molecule has 2 aromatic rings. The molecule has 1 heterocycles. The first kappa shape index (κ1) is 16.3. The Kier molecular flexibility index (Phi) is 5.07. The molecule has 0 N–H and O–H groups in total. The zero-order valence-corrected chi connectivity index (χ0v) is 14.1. The van der Waals surface area contributed by atoms with Gasteiger partial charge in [-0.05, 0) is 44.0 Å². The molecule has 0 aliphatic rings. The minimum absolute atomic E-state index is 0.0943. The molecule has 0 saturated heterocycles. The Morgan fingerprint density at radius 3 is 2.27 bits per heavy atom. The number of hydrogen-bond donors (Lipinski definition) is 0. The molecule has 22 heavy (non-hydrogen) atoms. The lowest BCUT2D eigenvalue weighted by Gasteiger charge is -2.25. The van der Waals surface area contributed by atoms with Gasteiger partial charge in [-0.15, -0.1) is 0 Å². The van der Waals surface area contributed by atoms with Crippen LogP contribution in [-0.4, -0.2) is 17.7 Å². The second-order valence-electron chi connectivity index (χ2n) is 6.54. The molecule has 0 unspecified atom stereocenters. The van der Waals surface area contributed by atoms with Crippen molar-refractivity contribution < 1.29 is 9.47 Å². The van der Waals surface area contributed by atoms with Crippen LogP contribution in [0, 0.1) is 6.92 Å². The minimum Gasteiger partial charge on any atom is -0.491 e. The van der Waals surface area contributed by atoms with E-state index in [0.717, 1.165) is 11.3 Å². The number of aromatic nitrogens is 1. The molecule has 3 nitrogen and oxygen atoms in total. The van der Waals surface area contributed by atoms with Gasteiger partial charge in [-0.1, -0.05) is 32.0 Å². The highest BCUT2D eigenvalue weighted by molar-refractivity contribution is 5.32. The summed E-state index contributed by atoms with van der Waals surface area (Å²) in [6.07, 6.45) is 2.01. The molecule has 0 aliphatic heterocycles. The Balaban J connectivity index is 2.01. The molecule has 3 heteroatoms. The Morgan fingerprint density at radius 1 is 1.05 bits per heavy atom. The van der Waals surface area contributed by atoms with Gasteiger partial charge in [-0.3, -0.25) is 0 Å². The van der Waals surface area contributed by atoms with E-state index in [1.807, 2.05) is 51.2 Å². The summed E-state index contributed by atoms with van der Waals surface area (Å²) >= 11 is 0. The molecule has 1 aromatic heterocycles. The van der Waals surface area contributed by atoms with Crippen molar-refractivity contribution in [1.29, 1.82) is 0 Å². The van der Waals surface area contributed by atoms with E-state index in [9.17, 15) is 0 Å². The highest BCUT2D eigenvalue weighted by Gasteiger charge is 2.22. The lowest BCUT2D eigenvalue weighted by atomic mass is 9.85. The van der Waals surface area contributed by atoms with Crippen LogP contribution >= 0.6 is 0 Å². The number of nitrogens with zero attached hydrogens (tertiary/aromatic N) is 1. The summed E-state index contributed by atoms with van der Waals surface area (Å²) in [5.74, 6) is 1.56. The molecule has 0 bridgehead atoms. The van der Waals surface area contributed by atoms with Crippen LogP contribution in [0.15, 0.2) is 42.6 Å². The molecule has 1 aromatic carbocycles. The van der Waals surface area contributed by atoms with Crippen LogP contribution in [0.25, 0.3) is 0 Å². The summed E-state index contributed by atoms with van der Waals surface area (Å²) in [6, 6.07) is 12.1. The zero-order valence-electron chi connectivity index (χ0n) is 14.1. The quantitative estimate of drug-likeness (QED) is 0.785. The van der Waals surface area contributed by atoms with Crippen LogP contribution < -0.4 is 9.47 Å². The average Bonchev–Trinajstić information content (AvgIpc) is 2.47. The predicted molar refractivity (Wildman–Crippen MR) is 89.7 cm³/mol. The molecule has 0 atom stereocenters. The molecule has 0 fully saturated rings. The van der Waals surface area contributed by atoms with Crippen molar-refractivity contribution in [3.8, 4) is 11.6 Å². The van der Waals surface area contributed by atoms with Crippen LogP contribution in [0.5, 0.6) is 11.6 Å². The Hall–Kier alpha value is -2.03. The average molecular weight is 299 g/mol. The van der Waals surface area contributed by atoms with Crippen molar-refractivity contribution >= 4 is 0 Å². The van der Waals surface area contributed by atoms with Crippen molar-refractivity contribution in [3.63, 3.8) is 0 Å². The van der Waals surface area contributed by atoms with Crippen LogP contribution in [0.1, 0.15) is 38.8 Å². The summed E-state index contributed by atoms with van der Waals surface area (Å²) in [5.41, 5.74) is 2.26. The fraction of sp³-hybridized carbons (Fsp3) is 0.421. The van der Waals surface area contributed by atoms with Gasteiger partial charge in [0, 0.05) is 17.7 Å². The summed E-state index contributed by atoms with van der Waals surface area (Å²) in [4.78, 5) is 4.28. The van der Waals surface area contributed by atoms with Crippen molar-refractivity contribution in [2.45, 2.75) is 46.1 Å². The van der Waals surface area contributed by atoms with Crippen molar-refractivity contribution in [2.75, 3.05) is 6.61 Å². The first-order valence-corrected chi connectivity index (χ1v) is 7.69. The van der Waals surface area contributed by atoms with E-state index in [1.165, 1.54) is 5.56 Å². The number of ether oxygens (including phenoxy) is 2. The van der Waals surface area contributed by atoms with Crippen molar-refractivity contribution in [3.05, 3.63) is 53.7 Å². The number of rotatable bonds is 6. The van der Waals surface area contributed by atoms with Gasteiger partial charge in [0.2, 0.25) is 5.88 Å². The largest absolute Gasteiger partial charge is 0.491 e. The van der Waals surface area contributed by atoms with Gasteiger partial charge >= 0.3 is 0 Å². The third-order valence-electron chi connectivity index (χ3n) is 3.47. The summed E-state index contributed by atoms with van der Waals surface area (Å²) in [6.45, 7) is 11.0. The molecular weight excluding hydrogens is 274 g/mol. The van der Waals surface area contributed by atoms with Gasteiger partial charge in [0.25, 0.3) is 0 Å². The summed E-state index contributed by atoms with van der Waals surface area (Å²) < 4.78 is 11.5. The maximum atomic E-state index is 5.83. The fourth-order valence-electron chi connectivity index (χ4n) is 2.13. The Bertz CT molecular complexity index is 586. The monoisotopic (exact) mass is 299 g/mol. The highest BCUT2D eigenvalue weighted by Crippen LogP contribution is 2.26. The van der Waals surface area contributed by atoms with Crippen molar-refractivity contribution in [1.82, 2.24) is 4.98 Å². The second kappa shape index (κ2) is 6.82. The van der Waals surface area contributed by atoms with E-state index in [-0.39, 0.29) is 11.5 Å². The fourth-order valence-corrected chi connectivity index (χ4v) is 2.13. The molecule has 0 amide bonds. The van der Waals surface area contributed by atoms with Gasteiger partial charge in [0.05, 0.1) is 12.7 Å². The third kappa shape index (κ3) is 4.48. The molecule has 2 rings (SSSR count). The summed E-state index contributed by atoms with van der Waals surface area (Å²) in [7, 11) is 0. The highest BCUT2D eigenvalue weighted by atomic mass is 16.5. The van der Waals surface area contributed by atoms with E-state index >= 15 is 0 Å². The zero-order chi connectivity index (χ0) is 16.2. The molecule has 118 valence electrons. The SMILES string of the molecule is Cc1ccc(OCC(C)(C)c2ccc(OC(C)C)cc2)nc1. The van der Waals surface area contributed by atoms with E-state index < -0.39 is 0 Å². The smallest absolute Gasteiger partial charge is 0.213 e. The van der Waals surface area contributed by atoms with Crippen LogP contribution in [-0.2, 0) is 5.41 Å². The summed E-state index contributed by atoms with van der Waals surface area (Å²) in [5, 5.41) is 0. The lowest BCUT2D eigenvalue weighted by Crippen LogP contribution is -2.26. The predicted octanol–water partition coefficient (Wildman–Crippen LogP) is 4.53. The number of pyridine rings is 1. The maximum absolute atomic E-state index is 5.83. The number of benzene rings is 1. The number of hydrogen-bond acceptors (Lipinski definition) is 3. The molecule has 0 spiro atoms. The topological polar surface area (TPSA) is 31.4 Å². The van der Waals surface area contributed by atoms with Crippen molar-refractivity contribution in [2.24, 2.45) is 0 Å².